The van der Waals surface area contributed by atoms with Crippen molar-refractivity contribution in [1.82, 2.24) is 18.7 Å². The van der Waals surface area contributed by atoms with Crippen LogP contribution in [-0.2, 0) is 17.8 Å². The molecule has 1 fully saturated rings. The molecule has 1 aliphatic heterocycles. The van der Waals surface area contributed by atoms with Gasteiger partial charge in [-0.2, -0.15) is 5.26 Å². The lowest BCUT2D eigenvalue weighted by molar-refractivity contribution is 0.0950. The van der Waals surface area contributed by atoms with Crippen LogP contribution >= 0.6 is 0 Å². The summed E-state index contributed by atoms with van der Waals surface area (Å²) in [6.45, 7) is 5.00. The number of benzene rings is 2. The summed E-state index contributed by atoms with van der Waals surface area (Å²) >= 11 is 0. The van der Waals surface area contributed by atoms with E-state index < -0.39 is 11.2 Å². The fourth-order valence-electron chi connectivity index (χ4n) is 4.76. The van der Waals surface area contributed by atoms with Crippen LogP contribution in [0, 0.1) is 25.2 Å². The Morgan fingerprint density at radius 2 is 1.88 bits per heavy atom. The van der Waals surface area contributed by atoms with E-state index in [4.69, 9.17) is 4.74 Å². The number of fused-ring (bicyclic) bond motifs is 1. The zero-order chi connectivity index (χ0) is 23.8. The summed E-state index contributed by atoms with van der Waals surface area (Å²) in [5.41, 5.74) is 3.68. The number of ether oxygens (including phenoxy) is 1. The van der Waals surface area contributed by atoms with E-state index in [0.29, 0.717) is 29.9 Å². The van der Waals surface area contributed by atoms with Gasteiger partial charge in [-0.1, -0.05) is 36.4 Å². The van der Waals surface area contributed by atoms with Gasteiger partial charge in [-0.05, 0) is 49.4 Å². The van der Waals surface area contributed by atoms with Gasteiger partial charge in [-0.25, -0.2) is 14.3 Å². The molecule has 0 spiro atoms. The van der Waals surface area contributed by atoms with E-state index >= 15 is 0 Å². The molecule has 34 heavy (non-hydrogen) atoms. The first-order valence-corrected chi connectivity index (χ1v) is 11.4. The highest BCUT2D eigenvalue weighted by molar-refractivity contribution is 5.73. The second kappa shape index (κ2) is 8.76. The Morgan fingerprint density at radius 1 is 1.12 bits per heavy atom. The van der Waals surface area contributed by atoms with Crippen molar-refractivity contribution in [3.63, 3.8) is 0 Å². The Labute approximate surface area is 196 Å². The molecule has 1 aliphatic rings. The second-order valence-corrected chi connectivity index (χ2v) is 8.72. The zero-order valence-electron chi connectivity index (χ0n) is 19.2. The Kier molecular flexibility index (Phi) is 5.64. The van der Waals surface area contributed by atoms with E-state index in [-0.39, 0.29) is 12.6 Å². The van der Waals surface area contributed by atoms with E-state index in [1.54, 1.807) is 27.6 Å². The van der Waals surface area contributed by atoms with Crippen molar-refractivity contribution < 1.29 is 4.74 Å². The molecule has 2 aromatic carbocycles. The highest BCUT2D eigenvalue weighted by Gasteiger charge is 2.24. The van der Waals surface area contributed by atoms with E-state index in [1.165, 1.54) is 4.57 Å². The van der Waals surface area contributed by atoms with Crippen LogP contribution in [0.3, 0.4) is 0 Å². The Hall–Kier alpha value is -3.96. The molecule has 0 bridgehead atoms. The zero-order valence-corrected chi connectivity index (χ0v) is 19.2. The van der Waals surface area contributed by atoms with Crippen molar-refractivity contribution in [3.05, 3.63) is 91.9 Å². The smallest absolute Gasteiger partial charge is 0.337 e. The van der Waals surface area contributed by atoms with Crippen molar-refractivity contribution in [1.29, 1.82) is 5.26 Å². The quantitative estimate of drug-likeness (QED) is 0.461. The predicted octanol–water partition coefficient (Wildman–Crippen LogP) is 3.06. The van der Waals surface area contributed by atoms with Crippen LogP contribution in [0.4, 0.5) is 0 Å². The molecule has 0 saturated carbocycles. The summed E-state index contributed by atoms with van der Waals surface area (Å²) in [4.78, 5) is 31.9. The first-order valence-electron chi connectivity index (χ1n) is 11.4. The summed E-state index contributed by atoms with van der Waals surface area (Å²) in [5, 5.41) is 9.51. The SMILES string of the molecule is Cc1cccc(C)c1-n1c(=O)n(C[C@H]2CCCO2)c(=O)c2c1ncn2Cc1ccccc1C#N. The van der Waals surface area contributed by atoms with E-state index in [0.717, 1.165) is 35.2 Å². The lowest BCUT2D eigenvalue weighted by Crippen LogP contribution is -2.42. The number of hydrogen-bond donors (Lipinski definition) is 0. The predicted molar refractivity (Wildman–Crippen MR) is 128 cm³/mol. The van der Waals surface area contributed by atoms with E-state index in [1.807, 2.05) is 44.2 Å². The maximum Gasteiger partial charge on any atom is 0.337 e. The maximum atomic E-state index is 13.7. The van der Waals surface area contributed by atoms with E-state index in [2.05, 4.69) is 11.1 Å². The van der Waals surface area contributed by atoms with E-state index in [9.17, 15) is 14.9 Å². The van der Waals surface area contributed by atoms with Crippen LogP contribution < -0.4 is 11.2 Å². The summed E-state index contributed by atoms with van der Waals surface area (Å²) in [6, 6.07) is 15.3. The Balaban J connectivity index is 1.78. The standard InChI is InChI=1S/C26H25N5O3/c1-17-7-5-8-18(2)22(17)31-24-23(25(32)30(26(31)33)15-21-11-6-12-34-21)29(16-28-24)14-20-10-4-3-9-19(20)13-27/h3-5,7-10,16,21H,6,11-12,14-15H2,1-2H3/t21-/m1/s1. The van der Waals surface area contributed by atoms with Gasteiger partial charge in [0.05, 0.1) is 42.8 Å². The molecular weight excluding hydrogens is 430 g/mol. The third-order valence-electron chi connectivity index (χ3n) is 6.45. The summed E-state index contributed by atoms with van der Waals surface area (Å²) in [7, 11) is 0. The third-order valence-corrected chi connectivity index (χ3v) is 6.45. The number of hydrogen-bond acceptors (Lipinski definition) is 5. The number of aryl methyl sites for hydroxylation is 2. The summed E-state index contributed by atoms with van der Waals surface area (Å²) in [6.07, 6.45) is 3.11. The van der Waals surface area contributed by atoms with Crippen molar-refractivity contribution >= 4 is 11.2 Å². The average Bonchev–Trinajstić information content (AvgIpc) is 3.49. The fourth-order valence-corrected chi connectivity index (χ4v) is 4.76. The number of rotatable bonds is 5. The Morgan fingerprint density at radius 3 is 2.59 bits per heavy atom. The third kappa shape index (κ3) is 3.64. The molecule has 0 N–H and O–H groups in total. The molecule has 4 aromatic rings. The van der Waals surface area contributed by atoms with Gasteiger partial charge < -0.3 is 9.30 Å². The minimum Gasteiger partial charge on any atom is -0.376 e. The molecule has 0 unspecified atom stereocenters. The van der Waals surface area contributed by atoms with Gasteiger partial charge in [0.1, 0.15) is 0 Å². The molecule has 3 heterocycles. The van der Waals surface area contributed by atoms with Crippen LogP contribution in [-0.4, -0.2) is 31.4 Å². The average molecular weight is 456 g/mol. The number of para-hydroxylation sites is 1. The highest BCUT2D eigenvalue weighted by atomic mass is 16.5. The van der Waals surface area contributed by atoms with Crippen LogP contribution in [0.15, 0.2) is 58.4 Å². The molecule has 1 atom stereocenters. The van der Waals surface area contributed by atoms with Gasteiger partial charge in [-0.15, -0.1) is 0 Å². The lowest BCUT2D eigenvalue weighted by Gasteiger charge is -2.17. The number of nitrogens with zero attached hydrogens (tertiary/aromatic N) is 5. The van der Waals surface area contributed by atoms with Crippen LogP contribution in [0.5, 0.6) is 0 Å². The van der Waals surface area contributed by atoms with Crippen molar-refractivity contribution in [3.8, 4) is 11.8 Å². The van der Waals surface area contributed by atoms with Crippen LogP contribution in [0.2, 0.25) is 0 Å². The molecule has 2 aromatic heterocycles. The topological polar surface area (TPSA) is 94.8 Å². The number of aromatic nitrogens is 4. The van der Waals surface area contributed by atoms with Gasteiger partial charge in [0.2, 0.25) is 0 Å². The number of imidazole rings is 1. The van der Waals surface area contributed by atoms with Crippen molar-refractivity contribution in [2.24, 2.45) is 0 Å². The molecule has 8 nitrogen and oxygen atoms in total. The molecule has 0 radical (unpaired) electrons. The summed E-state index contributed by atoms with van der Waals surface area (Å²) in [5.74, 6) is 0. The molecule has 172 valence electrons. The first-order chi connectivity index (χ1) is 16.5. The molecular formula is C26H25N5O3. The van der Waals surface area contributed by atoms with Crippen LogP contribution in [0.25, 0.3) is 16.9 Å². The van der Waals surface area contributed by atoms with Crippen molar-refractivity contribution in [2.75, 3.05) is 6.61 Å². The molecule has 8 heteroatoms. The monoisotopic (exact) mass is 455 g/mol. The molecule has 0 aliphatic carbocycles. The van der Waals surface area contributed by atoms with Crippen LogP contribution in [0.1, 0.15) is 35.1 Å². The highest BCUT2D eigenvalue weighted by Crippen LogP contribution is 2.22. The molecule has 5 rings (SSSR count). The second-order valence-electron chi connectivity index (χ2n) is 8.72. The minimum absolute atomic E-state index is 0.176. The largest absolute Gasteiger partial charge is 0.376 e. The van der Waals surface area contributed by atoms with Crippen molar-refractivity contribution in [2.45, 2.75) is 45.9 Å². The fraction of sp³-hybridized carbons (Fsp3) is 0.308. The maximum absolute atomic E-state index is 13.7. The van der Waals surface area contributed by atoms with Gasteiger partial charge in [0.15, 0.2) is 11.2 Å². The number of nitriles is 1. The minimum atomic E-state index is -0.423. The van der Waals surface area contributed by atoms with Gasteiger partial charge >= 0.3 is 5.69 Å². The van der Waals surface area contributed by atoms with Gasteiger partial charge in [0.25, 0.3) is 5.56 Å². The Bertz CT molecular complexity index is 1530. The summed E-state index contributed by atoms with van der Waals surface area (Å²) < 4.78 is 10.3. The molecule has 0 amide bonds. The lowest BCUT2D eigenvalue weighted by atomic mass is 10.1. The van der Waals surface area contributed by atoms with Gasteiger partial charge in [-0.3, -0.25) is 9.36 Å². The van der Waals surface area contributed by atoms with Gasteiger partial charge in [0, 0.05) is 6.61 Å². The normalized spacial score (nSPS) is 15.6. The molecule has 1 saturated heterocycles. The first kappa shape index (κ1) is 21.9.